The number of hydrogen-bond donors (Lipinski definition) is 0. The van der Waals surface area contributed by atoms with Crippen molar-refractivity contribution in [3.05, 3.63) is 23.3 Å². The number of anilines is 2. The van der Waals surface area contributed by atoms with Gasteiger partial charge in [0.1, 0.15) is 0 Å². The van der Waals surface area contributed by atoms with Gasteiger partial charge in [0.05, 0.1) is 11.4 Å². The third kappa shape index (κ3) is 2.65. The van der Waals surface area contributed by atoms with E-state index in [9.17, 15) is 0 Å². The van der Waals surface area contributed by atoms with Gasteiger partial charge in [-0.1, -0.05) is 13.8 Å². The van der Waals surface area contributed by atoms with Crippen LogP contribution in [0.1, 0.15) is 58.6 Å². The van der Waals surface area contributed by atoms with Crippen LogP contribution in [0.25, 0.3) is 0 Å². The molecule has 0 aromatic heterocycles. The van der Waals surface area contributed by atoms with Gasteiger partial charge >= 0.3 is 0 Å². The largest absolute Gasteiger partial charge is 0.366 e. The van der Waals surface area contributed by atoms with Crippen molar-refractivity contribution in [1.82, 2.24) is 0 Å². The van der Waals surface area contributed by atoms with Gasteiger partial charge in [0.15, 0.2) is 0 Å². The average molecular weight is 274 g/mol. The first kappa shape index (κ1) is 15.2. The molecule has 2 nitrogen and oxygen atoms in total. The van der Waals surface area contributed by atoms with Crippen LogP contribution in [0.15, 0.2) is 12.1 Å². The third-order valence-corrected chi connectivity index (χ3v) is 4.43. The molecule has 1 heterocycles. The smallest absolute Gasteiger partial charge is 0.0610 e. The molecule has 1 aromatic carbocycles. The van der Waals surface area contributed by atoms with Crippen LogP contribution < -0.4 is 9.80 Å². The molecule has 1 aliphatic heterocycles. The summed E-state index contributed by atoms with van der Waals surface area (Å²) < 4.78 is 0. The van der Waals surface area contributed by atoms with E-state index < -0.39 is 0 Å². The van der Waals surface area contributed by atoms with E-state index in [2.05, 4.69) is 70.4 Å². The van der Waals surface area contributed by atoms with E-state index in [0.717, 1.165) is 13.1 Å². The highest BCUT2D eigenvalue weighted by atomic mass is 15.3. The lowest BCUT2D eigenvalue weighted by Gasteiger charge is -2.43. The molecule has 0 spiro atoms. The van der Waals surface area contributed by atoms with Gasteiger partial charge in [-0.2, -0.15) is 0 Å². The minimum absolute atomic E-state index is 0.561. The molecule has 0 amide bonds. The van der Waals surface area contributed by atoms with Crippen molar-refractivity contribution < 1.29 is 0 Å². The van der Waals surface area contributed by atoms with Crippen molar-refractivity contribution in [2.75, 3.05) is 22.9 Å². The standard InChI is InChI=1S/C18H30N2/c1-12(2)16-11-18-17(10-15(16)7)19(13(3)4)8-9-20(18)14(5)6/h10-14H,8-9H2,1-7H3. The molecule has 0 saturated carbocycles. The molecular weight excluding hydrogens is 244 g/mol. The molecule has 1 aliphatic rings. The Morgan fingerprint density at radius 2 is 1.25 bits per heavy atom. The summed E-state index contributed by atoms with van der Waals surface area (Å²) in [7, 11) is 0. The monoisotopic (exact) mass is 274 g/mol. The van der Waals surface area contributed by atoms with Crippen molar-refractivity contribution >= 4 is 11.4 Å². The summed E-state index contributed by atoms with van der Waals surface area (Å²) in [6, 6.07) is 5.96. The van der Waals surface area contributed by atoms with E-state index in [4.69, 9.17) is 0 Å². The second-order valence-corrected chi connectivity index (χ2v) is 6.93. The summed E-state index contributed by atoms with van der Waals surface area (Å²) in [4.78, 5) is 5.10. The lowest BCUT2D eigenvalue weighted by molar-refractivity contribution is 0.601. The number of fused-ring (bicyclic) bond motifs is 1. The van der Waals surface area contributed by atoms with E-state index >= 15 is 0 Å². The molecule has 0 unspecified atom stereocenters. The second kappa shape index (κ2) is 5.67. The molecule has 1 aromatic rings. The van der Waals surface area contributed by atoms with Crippen LogP contribution in [0.3, 0.4) is 0 Å². The van der Waals surface area contributed by atoms with Crippen LogP contribution in [0.4, 0.5) is 11.4 Å². The first-order valence-corrected chi connectivity index (χ1v) is 8.00. The summed E-state index contributed by atoms with van der Waals surface area (Å²) in [5.41, 5.74) is 5.76. The maximum atomic E-state index is 2.56. The third-order valence-electron chi connectivity index (χ3n) is 4.43. The minimum Gasteiger partial charge on any atom is -0.366 e. The number of nitrogens with zero attached hydrogens (tertiary/aromatic N) is 2. The maximum Gasteiger partial charge on any atom is 0.0610 e. The second-order valence-electron chi connectivity index (χ2n) is 6.93. The predicted molar refractivity (Wildman–Crippen MR) is 90.2 cm³/mol. The van der Waals surface area contributed by atoms with Crippen molar-refractivity contribution in [1.29, 1.82) is 0 Å². The summed E-state index contributed by atoms with van der Waals surface area (Å²) in [6.45, 7) is 18.3. The van der Waals surface area contributed by atoms with Crippen LogP contribution in [0, 0.1) is 6.92 Å². The molecule has 112 valence electrons. The SMILES string of the molecule is Cc1cc2c(cc1C(C)C)N(C(C)C)CCN2C(C)C. The van der Waals surface area contributed by atoms with E-state index in [0.29, 0.717) is 18.0 Å². The lowest BCUT2D eigenvalue weighted by atomic mass is 9.94. The summed E-state index contributed by atoms with van der Waals surface area (Å²) in [6.07, 6.45) is 0. The van der Waals surface area contributed by atoms with Crippen molar-refractivity contribution in [3.8, 4) is 0 Å². The fraction of sp³-hybridized carbons (Fsp3) is 0.667. The number of aryl methyl sites for hydroxylation is 1. The molecule has 0 N–H and O–H groups in total. The quantitative estimate of drug-likeness (QED) is 0.797. The molecule has 0 fully saturated rings. The molecule has 0 radical (unpaired) electrons. The Morgan fingerprint density at radius 1 is 0.800 bits per heavy atom. The zero-order chi connectivity index (χ0) is 15.0. The van der Waals surface area contributed by atoms with Gasteiger partial charge in [0.2, 0.25) is 0 Å². The zero-order valence-electron chi connectivity index (χ0n) is 14.2. The molecule has 0 aliphatic carbocycles. The fourth-order valence-corrected chi connectivity index (χ4v) is 3.31. The Hall–Kier alpha value is -1.18. The molecule has 0 bridgehead atoms. The summed E-state index contributed by atoms with van der Waals surface area (Å²) >= 11 is 0. The van der Waals surface area contributed by atoms with Crippen LogP contribution in [0.2, 0.25) is 0 Å². The average Bonchev–Trinajstić information content (AvgIpc) is 2.35. The highest BCUT2D eigenvalue weighted by Gasteiger charge is 2.27. The molecule has 0 saturated heterocycles. The first-order chi connectivity index (χ1) is 9.32. The van der Waals surface area contributed by atoms with Gasteiger partial charge in [-0.05, 0) is 63.8 Å². The molecule has 20 heavy (non-hydrogen) atoms. The Morgan fingerprint density at radius 3 is 1.65 bits per heavy atom. The normalized spacial score (nSPS) is 15.5. The van der Waals surface area contributed by atoms with Crippen LogP contribution in [-0.4, -0.2) is 25.2 Å². The highest BCUT2D eigenvalue weighted by Crippen LogP contribution is 2.39. The maximum absolute atomic E-state index is 2.56. The predicted octanol–water partition coefficient (Wildman–Crippen LogP) is 4.56. The van der Waals surface area contributed by atoms with Gasteiger partial charge in [-0.3, -0.25) is 0 Å². The Labute approximate surface area is 124 Å². The minimum atomic E-state index is 0.561. The van der Waals surface area contributed by atoms with E-state index in [-0.39, 0.29) is 0 Å². The number of benzene rings is 1. The van der Waals surface area contributed by atoms with Crippen LogP contribution in [0.5, 0.6) is 0 Å². The first-order valence-electron chi connectivity index (χ1n) is 8.00. The lowest BCUT2D eigenvalue weighted by Crippen LogP contribution is -2.46. The zero-order valence-corrected chi connectivity index (χ0v) is 14.2. The van der Waals surface area contributed by atoms with E-state index in [1.54, 1.807) is 0 Å². The number of rotatable bonds is 3. The summed E-state index contributed by atoms with van der Waals surface area (Å²) in [5, 5.41) is 0. The number of hydrogen-bond acceptors (Lipinski definition) is 2. The van der Waals surface area contributed by atoms with Crippen molar-refractivity contribution in [2.24, 2.45) is 0 Å². The fourth-order valence-electron chi connectivity index (χ4n) is 3.31. The van der Waals surface area contributed by atoms with E-state index in [1.165, 1.54) is 22.5 Å². The molecule has 2 heteroatoms. The highest BCUT2D eigenvalue weighted by molar-refractivity contribution is 5.76. The van der Waals surface area contributed by atoms with Gasteiger partial charge in [0, 0.05) is 25.2 Å². The van der Waals surface area contributed by atoms with Gasteiger partial charge in [0.25, 0.3) is 0 Å². The van der Waals surface area contributed by atoms with Gasteiger partial charge in [-0.15, -0.1) is 0 Å². The van der Waals surface area contributed by atoms with Gasteiger partial charge < -0.3 is 9.80 Å². The van der Waals surface area contributed by atoms with Gasteiger partial charge in [-0.25, -0.2) is 0 Å². The van der Waals surface area contributed by atoms with Crippen molar-refractivity contribution in [3.63, 3.8) is 0 Å². The van der Waals surface area contributed by atoms with Crippen LogP contribution in [-0.2, 0) is 0 Å². The summed E-state index contributed by atoms with van der Waals surface area (Å²) in [5.74, 6) is 0.587. The Kier molecular flexibility index (Phi) is 4.31. The topological polar surface area (TPSA) is 6.48 Å². The Balaban J connectivity index is 2.57. The molecule has 0 atom stereocenters. The van der Waals surface area contributed by atoms with E-state index in [1.807, 2.05) is 0 Å². The van der Waals surface area contributed by atoms with Crippen LogP contribution >= 0.6 is 0 Å². The molecular formula is C18H30N2. The Bertz CT molecular complexity index is 475. The molecule has 2 rings (SSSR count). The van der Waals surface area contributed by atoms with Crippen molar-refractivity contribution in [2.45, 2.75) is 66.5 Å².